The summed E-state index contributed by atoms with van der Waals surface area (Å²) >= 11 is 22.3. The van der Waals surface area contributed by atoms with Gasteiger partial charge in [-0.25, -0.2) is 9.48 Å². The highest BCUT2D eigenvalue weighted by Crippen LogP contribution is 2.38. The maximum Gasteiger partial charge on any atom is 0.316 e. The van der Waals surface area contributed by atoms with Crippen molar-refractivity contribution in [2.24, 2.45) is 4.99 Å². The molecule has 0 bridgehead atoms. The smallest absolute Gasteiger partial charge is 0.316 e. The van der Waals surface area contributed by atoms with Crippen LogP contribution in [0.25, 0.3) is 0 Å². The second-order valence-electron chi connectivity index (χ2n) is 10.7. The highest BCUT2D eigenvalue weighted by molar-refractivity contribution is 9.10. The van der Waals surface area contributed by atoms with Crippen LogP contribution < -0.4 is 26.8 Å². The van der Waals surface area contributed by atoms with E-state index in [1.54, 1.807) is 47.8 Å². The molecule has 7 rings (SSSR count). The molecule has 4 aromatic rings. The minimum absolute atomic E-state index is 0. The Morgan fingerprint density at radius 3 is 2.04 bits per heavy atom. The number of aliphatic imine (C=N–C) groups is 1. The lowest BCUT2D eigenvalue weighted by Crippen LogP contribution is -3.00. The Hall–Kier alpha value is -1.35. The number of thioether (sulfide) groups is 2. The van der Waals surface area contributed by atoms with Crippen molar-refractivity contribution in [3.63, 3.8) is 0 Å². The molecule has 6 nitrogen and oxygen atoms in total. The zero-order valence-electron chi connectivity index (χ0n) is 25.2. The zero-order valence-corrected chi connectivity index (χ0v) is 34.9. The van der Waals surface area contributed by atoms with E-state index in [0.717, 1.165) is 60.8 Å². The van der Waals surface area contributed by atoms with Gasteiger partial charge in [0.1, 0.15) is 5.69 Å². The molecule has 0 saturated carbocycles. The van der Waals surface area contributed by atoms with Crippen molar-refractivity contribution in [2.45, 2.75) is 5.72 Å². The summed E-state index contributed by atoms with van der Waals surface area (Å²) in [6.07, 6.45) is 0. The molecule has 4 aromatic carbocycles. The van der Waals surface area contributed by atoms with Crippen molar-refractivity contribution in [3.05, 3.63) is 127 Å². The topological polar surface area (TPSA) is 59.2 Å². The van der Waals surface area contributed by atoms with Crippen LogP contribution in [0.1, 0.15) is 15.9 Å². The normalized spacial score (nSPS) is 17.9. The molecule has 0 amide bonds. The van der Waals surface area contributed by atoms with Crippen molar-refractivity contribution in [3.8, 4) is 0 Å². The number of halogens is 6. The zero-order chi connectivity index (χ0) is 32.3. The summed E-state index contributed by atoms with van der Waals surface area (Å²) in [6.45, 7) is 2.40. The maximum atomic E-state index is 12.6. The molecule has 0 spiro atoms. The molecule has 1 N–H and O–H groups in total. The van der Waals surface area contributed by atoms with E-state index < -0.39 is 5.72 Å². The third-order valence-electron chi connectivity index (χ3n) is 7.68. The molecule has 1 atom stereocenters. The Balaban J connectivity index is 0.000000208. The standard InChI is InChI=1S/C17H15BrClN2OS.C17H14BrClN2OS.2BrH/c18-13-3-7-15(8-4-13)20-11-17(22,21-9-10-23-16(20)21)12-1-5-14(19)6-2-12;18-13-3-7-15(8-4-13)21(17-20-9-10-23-17)11-16(22)12-1-5-14(19)6-2-12;;/h1-8,22H,9-11H2;1-8H,9-11H2;2*1H/q+1;;;/p-1. The van der Waals surface area contributed by atoms with Gasteiger partial charge in [0.05, 0.1) is 19.6 Å². The molecule has 48 heavy (non-hydrogen) atoms. The van der Waals surface area contributed by atoms with Gasteiger partial charge in [-0.3, -0.25) is 9.79 Å². The fourth-order valence-corrected chi connectivity index (χ4v) is 8.21. The van der Waals surface area contributed by atoms with E-state index in [2.05, 4.69) is 58.5 Å². The van der Waals surface area contributed by atoms with Gasteiger partial charge in [-0.05, 0) is 96.7 Å². The van der Waals surface area contributed by atoms with E-state index in [-0.39, 0.29) is 46.3 Å². The Labute approximate surface area is 336 Å². The van der Waals surface area contributed by atoms with Crippen molar-refractivity contribution < 1.29 is 31.5 Å². The highest BCUT2D eigenvalue weighted by Gasteiger charge is 2.54. The van der Waals surface area contributed by atoms with Crippen molar-refractivity contribution in [2.75, 3.05) is 47.5 Å². The van der Waals surface area contributed by atoms with Crippen LogP contribution in [0.2, 0.25) is 10.0 Å². The molecule has 0 aromatic heterocycles. The SMILES string of the molecule is Br.O=C(CN(C1=NCCS1)c1ccc(Br)cc1)c1ccc(Cl)cc1.OC1(c2ccc(Cl)cc2)CN(c2ccc(Br)cc2)C2=[N+]1CCS2.[Br-]. The maximum absolute atomic E-state index is 12.6. The van der Waals surface area contributed by atoms with Gasteiger partial charge in [-0.2, -0.15) is 0 Å². The summed E-state index contributed by atoms with van der Waals surface area (Å²) < 4.78 is 4.16. The van der Waals surface area contributed by atoms with E-state index in [4.69, 9.17) is 23.2 Å². The fourth-order valence-electron chi connectivity index (χ4n) is 5.38. The van der Waals surface area contributed by atoms with Crippen LogP contribution in [-0.2, 0) is 5.72 Å². The van der Waals surface area contributed by atoms with Gasteiger partial charge < -0.3 is 27.0 Å². The molecule has 14 heteroatoms. The summed E-state index contributed by atoms with van der Waals surface area (Å²) in [7, 11) is 0. The number of nitrogens with zero attached hydrogens (tertiary/aromatic N) is 4. The van der Waals surface area contributed by atoms with Crippen molar-refractivity contribution in [1.82, 2.24) is 0 Å². The average molecular weight is 981 g/mol. The van der Waals surface area contributed by atoms with Crippen LogP contribution in [0.15, 0.2) is 111 Å². The number of aliphatic hydroxyl groups is 1. The second-order valence-corrected chi connectivity index (χ2v) is 15.5. The van der Waals surface area contributed by atoms with Crippen molar-refractivity contribution in [1.29, 1.82) is 0 Å². The number of benzene rings is 4. The third kappa shape index (κ3) is 9.11. The Morgan fingerprint density at radius 2 is 1.46 bits per heavy atom. The van der Waals surface area contributed by atoms with E-state index in [0.29, 0.717) is 22.2 Å². The highest BCUT2D eigenvalue weighted by atomic mass is 79.9. The number of carbonyl (C=O) groups is 1. The van der Waals surface area contributed by atoms with Crippen LogP contribution in [-0.4, -0.2) is 63.5 Å². The number of Topliss-reactive ketones (excluding diaryl/α,β-unsaturated/α-hetero) is 1. The van der Waals surface area contributed by atoms with Gasteiger partial charge in [-0.1, -0.05) is 79.0 Å². The minimum Gasteiger partial charge on any atom is -1.00 e. The summed E-state index contributed by atoms with van der Waals surface area (Å²) in [5.74, 6) is 1.98. The molecule has 0 aliphatic carbocycles. The van der Waals surface area contributed by atoms with E-state index in [1.165, 1.54) is 0 Å². The van der Waals surface area contributed by atoms with Gasteiger partial charge in [0.2, 0.25) is 0 Å². The quantitative estimate of drug-likeness (QED) is 0.180. The predicted molar refractivity (Wildman–Crippen MR) is 212 cm³/mol. The number of hydrogen-bond donors (Lipinski definition) is 1. The first kappa shape index (κ1) is 39.4. The van der Waals surface area contributed by atoms with Crippen LogP contribution in [0.5, 0.6) is 0 Å². The van der Waals surface area contributed by atoms with Gasteiger partial charge in [0, 0.05) is 47.3 Å². The molecule has 3 aliphatic rings. The first-order valence-electron chi connectivity index (χ1n) is 14.5. The molecular weight excluding hydrogens is 951 g/mol. The minimum atomic E-state index is -1.02. The van der Waals surface area contributed by atoms with Gasteiger partial charge in [0.25, 0.3) is 5.72 Å². The number of β-amino-alcohol motifs (C(OH)–C–C–N with tert-alkyl or cyclic N) is 1. The number of anilines is 2. The molecule has 3 aliphatic heterocycles. The fraction of sp³-hybridized carbons (Fsp3) is 0.206. The lowest BCUT2D eigenvalue weighted by molar-refractivity contribution is -0.650. The summed E-state index contributed by atoms with van der Waals surface area (Å²) in [6, 6.07) is 30.6. The molecule has 1 unspecified atom stereocenters. The Morgan fingerprint density at radius 1 is 0.875 bits per heavy atom. The predicted octanol–water partition coefficient (Wildman–Crippen LogP) is 6.36. The van der Waals surface area contributed by atoms with Gasteiger partial charge in [-0.15, -0.1) is 17.0 Å². The number of ketones is 1. The van der Waals surface area contributed by atoms with Gasteiger partial charge in [0.15, 0.2) is 17.5 Å². The number of hydrogen-bond acceptors (Lipinski definition) is 7. The summed E-state index contributed by atoms with van der Waals surface area (Å²) in [4.78, 5) is 21.3. The first-order chi connectivity index (χ1) is 22.2. The molecule has 0 fully saturated rings. The third-order valence-corrected chi connectivity index (χ3v) is 11.3. The van der Waals surface area contributed by atoms with Crippen LogP contribution in [0, 0.1) is 0 Å². The lowest BCUT2D eigenvalue weighted by Gasteiger charge is -2.23. The average Bonchev–Trinajstić information content (AvgIpc) is 3.82. The Bertz CT molecular complexity index is 1780. The first-order valence-corrected chi connectivity index (χ1v) is 18.8. The molecular formula is C34H30Br4Cl2N4O2S2. The van der Waals surface area contributed by atoms with Crippen LogP contribution in [0.3, 0.4) is 0 Å². The van der Waals surface area contributed by atoms with Crippen molar-refractivity contribution >= 4 is 123 Å². The number of carbonyl (C=O) groups excluding carboxylic acids is 1. The summed E-state index contributed by atoms with van der Waals surface area (Å²) in [5, 5.41) is 14.7. The number of amidine groups is 2. The van der Waals surface area contributed by atoms with Crippen LogP contribution in [0.4, 0.5) is 11.4 Å². The monoisotopic (exact) mass is 976 g/mol. The molecule has 252 valence electrons. The van der Waals surface area contributed by atoms with E-state index in [1.807, 2.05) is 65.6 Å². The molecule has 0 radical (unpaired) electrons. The van der Waals surface area contributed by atoms with E-state index in [9.17, 15) is 9.90 Å². The summed E-state index contributed by atoms with van der Waals surface area (Å²) in [5.41, 5.74) is 2.56. The van der Waals surface area contributed by atoms with E-state index >= 15 is 0 Å². The van der Waals surface area contributed by atoms with Crippen LogP contribution >= 0.6 is 95.6 Å². The molecule has 3 heterocycles. The molecule has 0 saturated heterocycles. The second kappa shape index (κ2) is 17.7. The van der Waals surface area contributed by atoms with Gasteiger partial charge >= 0.3 is 5.17 Å². The number of rotatable bonds is 6. The largest absolute Gasteiger partial charge is 1.00 e. The lowest BCUT2D eigenvalue weighted by atomic mass is 10.0. The Kier molecular flexibility index (Phi) is 14.6.